The molecule has 0 spiro atoms. The van der Waals surface area contributed by atoms with Gasteiger partial charge < -0.3 is 9.30 Å². The number of aryl methyl sites for hydroxylation is 1. The van der Waals surface area contributed by atoms with Gasteiger partial charge in [-0.15, -0.1) is 0 Å². The van der Waals surface area contributed by atoms with Gasteiger partial charge in [-0.2, -0.15) is 0 Å². The molecule has 2 heterocycles. The van der Waals surface area contributed by atoms with Crippen LogP contribution in [0.2, 0.25) is 0 Å². The van der Waals surface area contributed by atoms with Crippen LogP contribution >= 0.6 is 11.8 Å². The second kappa shape index (κ2) is 6.71. The standard InChI is InChI=1S/C16H22N2O3S/c1-10(2)18-11(3)8-13(12(18)4)9-14-15(19)17(6-7-21-5)16(20)22-14/h8-10H,6-7H2,1-5H3/b14-9+. The zero-order chi connectivity index (χ0) is 16.4. The molecule has 1 fully saturated rings. The minimum absolute atomic E-state index is 0.231. The number of methoxy groups -OCH3 is 1. The average Bonchev–Trinajstić information content (AvgIpc) is 2.86. The summed E-state index contributed by atoms with van der Waals surface area (Å²) in [5.41, 5.74) is 3.25. The Balaban J connectivity index is 2.29. The Hall–Kier alpha value is -1.53. The molecule has 0 bridgehead atoms. The van der Waals surface area contributed by atoms with E-state index in [2.05, 4.69) is 31.4 Å². The summed E-state index contributed by atoms with van der Waals surface area (Å²) in [7, 11) is 1.55. The van der Waals surface area contributed by atoms with Crippen molar-refractivity contribution in [1.29, 1.82) is 0 Å². The summed E-state index contributed by atoms with van der Waals surface area (Å²) in [6.07, 6.45) is 1.82. The third-order valence-corrected chi connectivity index (χ3v) is 4.63. The topological polar surface area (TPSA) is 51.5 Å². The summed E-state index contributed by atoms with van der Waals surface area (Å²) in [5, 5.41) is -0.231. The van der Waals surface area contributed by atoms with Crippen molar-refractivity contribution in [3.05, 3.63) is 27.9 Å². The fourth-order valence-corrected chi connectivity index (χ4v) is 3.62. The van der Waals surface area contributed by atoms with Crippen molar-refractivity contribution in [3.63, 3.8) is 0 Å². The number of rotatable bonds is 5. The molecular formula is C16H22N2O3S. The predicted octanol–water partition coefficient (Wildman–Crippen LogP) is 3.37. The van der Waals surface area contributed by atoms with E-state index in [4.69, 9.17) is 4.74 Å². The molecule has 1 aromatic heterocycles. The average molecular weight is 322 g/mol. The number of aromatic nitrogens is 1. The predicted molar refractivity (Wildman–Crippen MR) is 88.8 cm³/mol. The molecule has 120 valence electrons. The van der Waals surface area contributed by atoms with E-state index in [0.717, 1.165) is 28.7 Å². The quantitative estimate of drug-likeness (QED) is 0.780. The molecule has 0 unspecified atom stereocenters. The van der Waals surface area contributed by atoms with Crippen LogP contribution in [0.1, 0.15) is 36.8 Å². The smallest absolute Gasteiger partial charge is 0.293 e. The second-order valence-electron chi connectivity index (χ2n) is 5.62. The largest absolute Gasteiger partial charge is 0.383 e. The van der Waals surface area contributed by atoms with Crippen LogP contribution in [0.25, 0.3) is 6.08 Å². The van der Waals surface area contributed by atoms with Gasteiger partial charge in [-0.05, 0) is 57.2 Å². The van der Waals surface area contributed by atoms with Gasteiger partial charge in [0.15, 0.2) is 0 Å². The Morgan fingerprint density at radius 1 is 1.32 bits per heavy atom. The summed E-state index contributed by atoms with van der Waals surface area (Å²) in [4.78, 5) is 26.0. The molecule has 1 aliphatic rings. The molecule has 0 atom stereocenters. The van der Waals surface area contributed by atoms with Gasteiger partial charge in [-0.1, -0.05) is 0 Å². The highest BCUT2D eigenvalue weighted by Crippen LogP contribution is 2.33. The lowest BCUT2D eigenvalue weighted by atomic mass is 10.2. The van der Waals surface area contributed by atoms with Crippen LogP contribution in [0.15, 0.2) is 11.0 Å². The number of hydrogen-bond donors (Lipinski definition) is 0. The molecule has 0 radical (unpaired) electrons. The van der Waals surface area contributed by atoms with Gasteiger partial charge >= 0.3 is 0 Å². The van der Waals surface area contributed by atoms with Gasteiger partial charge in [-0.3, -0.25) is 14.5 Å². The third kappa shape index (κ3) is 3.13. The number of thioether (sulfide) groups is 1. The molecule has 5 nitrogen and oxygen atoms in total. The number of carbonyl (C=O) groups is 2. The maximum atomic E-state index is 12.3. The first kappa shape index (κ1) is 16.8. The van der Waals surface area contributed by atoms with Gasteiger partial charge in [0.25, 0.3) is 11.1 Å². The number of carbonyl (C=O) groups excluding carboxylic acids is 2. The molecule has 1 aromatic rings. The second-order valence-corrected chi connectivity index (χ2v) is 6.61. The fourth-order valence-electron chi connectivity index (χ4n) is 2.76. The summed E-state index contributed by atoms with van der Waals surface area (Å²) in [5.74, 6) is -0.235. The van der Waals surface area contributed by atoms with Crippen LogP contribution in [0, 0.1) is 13.8 Å². The first-order valence-corrected chi connectivity index (χ1v) is 8.11. The van der Waals surface area contributed by atoms with Gasteiger partial charge in [0, 0.05) is 24.5 Å². The normalized spacial score (nSPS) is 17.4. The van der Waals surface area contributed by atoms with Crippen molar-refractivity contribution in [2.24, 2.45) is 0 Å². The summed E-state index contributed by atoms with van der Waals surface area (Å²) >= 11 is 0.993. The molecular weight excluding hydrogens is 300 g/mol. The highest BCUT2D eigenvalue weighted by atomic mass is 32.2. The Bertz CT molecular complexity index is 632. The molecule has 0 aliphatic carbocycles. The van der Waals surface area contributed by atoms with Crippen LogP contribution < -0.4 is 0 Å². The number of imide groups is 1. The zero-order valence-corrected chi connectivity index (χ0v) is 14.5. The van der Waals surface area contributed by atoms with Gasteiger partial charge in [0.2, 0.25) is 0 Å². The van der Waals surface area contributed by atoms with Gasteiger partial charge in [0.05, 0.1) is 18.1 Å². The Kier molecular flexibility index (Phi) is 5.13. The van der Waals surface area contributed by atoms with Gasteiger partial charge in [-0.25, -0.2) is 0 Å². The van der Waals surface area contributed by atoms with E-state index in [0.29, 0.717) is 24.1 Å². The van der Waals surface area contributed by atoms with E-state index >= 15 is 0 Å². The van der Waals surface area contributed by atoms with Crippen molar-refractivity contribution in [2.45, 2.75) is 33.7 Å². The molecule has 1 saturated heterocycles. The van der Waals surface area contributed by atoms with Crippen molar-refractivity contribution in [1.82, 2.24) is 9.47 Å². The number of nitrogens with zero attached hydrogens (tertiary/aromatic N) is 2. The van der Waals surface area contributed by atoms with E-state index < -0.39 is 0 Å². The highest BCUT2D eigenvalue weighted by molar-refractivity contribution is 8.18. The lowest BCUT2D eigenvalue weighted by Gasteiger charge is -2.13. The summed E-state index contributed by atoms with van der Waals surface area (Å²) in [6, 6.07) is 2.41. The lowest BCUT2D eigenvalue weighted by Crippen LogP contribution is -2.31. The molecule has 1 aliphatic heterocycles. The number of ether oxygens (including phenoxy) is 1. The zero-order valence-electron chi connectivity index (χ0n) is 13.7. The Labute approximate surface area is 135 Å². The van der Waals surface area contributed by atoms with Crippen LogP contribution in [0.3, 0.4) is 0 Å². The number of amides is 2. The maximum absolute atomic E-state index is 12.3. The van der Waals surface area contributed by atoms with Crippen LogP contribution in [0.4, 0.5) is 4.79 Å². The SMILES string of the molecule is COCCN1C(=O)S/C(=C/c2cc(C)n(C(C)C)c2C)C1=O. The fraction of sp³-hybridized carbons (Fsp3) is 0.500. The minimum atomic E-state index is -0.235. The van der Waals surface area contributed by atoms with E-state index in [1.54, 1.807) is 7.11 Å². The lowest BCUT2D eigenvalue weighted by molar-refractivity contribution is -0.123. The van der Waals surface area contributed by atoms with Crippen molar-refractivity contribution in [3.8, 4) is 0 Å². The first-order valence-electron chi connectivity index (χ1n) is 7.29. The monoisotopic (exact) mass is 322 g/mol. The molecule has 0 N–H and O–H groups in total. The Morgan fingerprint density at radius 3 is 2.55 bits per heavy atom. The Morgan fingerprint density at radius 2 is 2.00 bits per heavy atom. The highest BCUT2D eigenvalue weighted by Gasteiger charge is 2.34. The molecule has 2 rings (SSSR count). The third-order valence-electron chi connectivity index (χ3n) is 3.72. The van der Waals surface area contributed by atoms with Crippen molar-refractivity contribution in [2.75, 3.05) is 20.3 Å². The van der Waals surface area contributed by atoms with E-state index in [1.807, 2.05) is 13.0 Å². The molecule has 0 aromatic carbocycles. The van der Waals surface area contributed by atoms with E-state index in [-0.39, 0.29) is 11.1 Å². The maximum Gasteiger partial charge on any atom is 0.293 e. The van der Waals surface area contributed by atoms with Gasteiger partial charge in [0.1, 0.15) is 0 Å². The summed E-state index contributed by atoms with van der Waals surface area (Å²) in [6.45, 7) is 8.99. The molecule has 0 saturated carbocycles. The minimum Gasteiger partial charge on any atom is -0.383 e. The number of hydrogen-bond acceptors (Lipinski definition) is 4. The van der Waals surface area contributed by atoms with Crippen LogP contribution in [-0.2, 0) is 9.53 Å². The summed E-state index contributed by atoms with van der Waals surface area (Å²) < 4.78 is 7.16. The molecule has 22 heavy (non-hydrogen) atoms. The first-order chi connectivity index (χ1) is 10.4. The van der Waals surface area contributed by atoms with Crippen molar-refractivity contribution < 1.29 is 14.3 Å². The van der Waals surface area contributed by atoms with E-state index in [9.17, 15) is 9.59 Å². The van der Waals surface area contributed by atoms with E-state index in [1.165, 1.54) is 4.90 Å². The van der Waals surface area contributed by atoms with Crippen LogP contribution in [-0.4, -0.2) is 40.9 Å². The van der Waals surface area contributed by atoms with Crippen LogP contribution in [0.5, 0.6) is 0 Å². The van der Waals surface area contributed by atoms with Crippen molar-refractivity contribution >= 4 is 29.0 Å². The molecule has 2 amide bonds. The molecule has 6 heteroatoms.